The average molecular weight is 375 g/mol. The fourth-order valence-electron chi connectivity index (χ4n) is 2.80. The third-order valence-electron chi connectivity index (χ3n) is 3.95. The Morgan fingerprint density at radius 3 is 2.79 bits per heavy atom. The maximum absolute atomic E-state index is 13.0. The molecule has 120 valence electrons. The fraction of sp³-hybridized carbons (Fsp3) is 0.111. The summed E-state index contributed by atoms with van der Waals surface area (Å²) in [7, 11) is 0. The molecule has 6 heteroatoms. The Kier molecular flexibility index (Phi) is 4.04. The van der Waals surface area contributed by atoms with Gasteiger partial charge in [-0.3, -0.25) is 9.69 Å². The summed E-state index contributed by atoms with van der Waals surface area (Å²) < 4.78 is 0. The van der Waals surface area contributed by atoms with Gasteiger partial charge in [-0.15, -0.1) is 11.6 Å². The van der Waals surface area contributed by atoms with E-state index in [-0.39, 0.29) is 11.3 Å². The first kappa shape index (κ1) is 15.6. The zero-order valence-corrected chi connectivity index (χ0v) is 14.8. The lowest BCUT2D eigenvalue weighted by Crippen LogP contribution is -2.25. The van der Waals surface area contributed by atoms with Crippen molar-refractivity contribution >= 4 is 57.5 Å². The number of rotatable bonds is 2. The number of carbonyl (C=O) groups is 1. The standard InChI is InChI=1S/C18H12Cl2N2OS/c19-14-6-5-11(9-15(14)20)21-17-13-3-1-2-4-16(13)22(18(17)23)12-7-8-24-10-12/h1-8,10,15H,9H2. The van der Waals surface area contributed by atoms with Gasteiger partial charge in [0.15, 0.2) is 0 Å². The lowest BCUT2D eigenvalue weighted by molar-refractivity contribution is -0.111. The van der Waals surface area contributed by atoms with Gasteiger partial charge in [-0.25, -0.2) is 4.99 Å². The van der Waals surface area contributed by atoms with Crippen molar-refractivity contribution in [3.05, 3.63) is 69.5 Å². The Hall–Kier alpha value is -1.88. The molecule has 1 aromatic carbocycles. The predicted octanol–water partition coefficient (Wildman–Crippen LogP) is 5.23. The molecule has 1 amide bonds. The van der Waals surface area contributed by atoms with E-state index in [1.165, 1.54) is 0 Å². The van der Waals surface area contributed by atoms with Crippen molar-refractivity contribution in [1.29, 1.82) is 0 Å². The molecular formula is C18H12Cl2N2OS. The van der Waals surface area contributed by atoms with E-state index < -0.39 is 0 Å². The molecule has 3 nitrogen and oxygen atoms in total. The number of thiophene rings is 1. The second-order valence-corrected chi connectivity index (χ2v) is 7.22. The van der Waals surface area contributed by atoms with Gasteiger partial charge in [-0.2, -0.15) is 11.3 Å². The number of halogens is 2. The van der Waals surface area contributed by atoms with Gasteiger partial charge in [0.2, 0.25) is 0 Å². The molecule has 2 aliphatic rings. The molecule has 4 rings (SSSR count). The van der Waals surface area contributed by atoms with Gasteiger partial charge in [-0.05, 0) is 29.7 Å². The number of anilines is 2. The van der Waals surface area contributed by atoms with Crippen LogP contribution in [0.5, 0.6) is 0 Å². The van der Waals surface area contributed by atoms with Gasteiger partial charge in [0, 0.05) is 28.1 Å². The van der Waals surface area contributed by atoms with Crippen LogP contribution in [0.15, 0.2) is 69.0 Å². The Morgan fingerprint density at radius 1 is 1.21 bits per heavy atom. The SMILES string of the molecule is O=C1C(=NC2=CC=C(Cl)C(Cl)C2)c2ccccc2N1c1ccsc1. The Labute approximate surface area is 153 Å². The van der Waals surface area contributed by atoms with Crippen LogP contribution < -0.4 is 4.90 Å². The first-order valence-electron chi connectivity index (χ1n) is 7.40. The molecule has 0 spiro atoms. The normalized spacial score (nSPS) is 21.8. The molecule has 2 aromatic rings. The summed E-state index contributed by atoms with van der Waals surface area (Å²) in [5, 5.41) is 4.21. The van der Waals surface area contributed by atoms with Crippen LogP contribution in [0.4, 0.5) is 11.4 Å². The van der Waals surface area contributed by atoms with Crippen molar-refractivity contribution in [2.45, 2.75) is 11.8 Å². The number of alkyl halides is 1. The third-order valence-corrected chi connectivity index (χ3v) is 5.51. The van der Waals surface area contributed by atoms with E-state index in [0.717, 1.165) is 22.6 Å². The molecule has 0 saturated carbocycles. The largest absolute Gasteiger partial charge is 0.282 e. The number of allylic oxidation sites excluding steroid dienone is 4. The minimum atomic E-state index is -0.296. The number of amides is 1. The van der Waals surface area contributed by atoms with Crippen molar-refractivity contribution in [3.8, 4) is 0 Å². The van der Waals surface area contributed by atoms with E-state index in [1.807, 2.05) is 47.2 Å². The number of carbonyl (C=O) groups excluding carboxylic acids is 1. The molecule has 0 fully saturated rings. The van der Waals surface area contributed by atoms with E-state index in [0.29, 0.717) is 17.2 Å². The Morgan fingerprint density at radius 2 is 2.04 bits per heavy atom. The molecule has 0 N–H and O–H groups in total. The fourth-order valence-corrected chi connectivity index (χ4v) is 3.80. The topological polar surface area (TPSA) is 32.7 Å². The van der Waals surface area contributed by atoms with Crippen molar-refractivity contribution in [1.82, 2.24) is 0 Å². The van der Waals surface area contributed by atoms with E-state index in [4.69, 9.17) is 23.2 Å². The molecule has 0 saturated heterocycles. The van der Waals surface area contributed by atoms with Crippen molar-refractivity contribution in [3.63, 3.8) is 0 Å². The van der Waals surface area contributed by atoms with Gasteiger partial charge < -0.3 is 0 Å². The van der Waals surface area contributed by atoms with E-state index in [2.05, 4.69) is 4.99 Å². The van der Waals surface area contributed by atoms with Crippen molar-refractivity contribution in [2.75, 3.05) is 4.90 Å². The predicted molar refractivity (Wildman–Crippen MR) is 101 cm³/mol. The Balaban J connectivity index is 1.80. The summed E-state index contributed by atoms with van der Waals surface area (Å²) in [5.74, 6) is -0.123. The van der Waals surface area contributed by atoms with E-state index in [1.54, 1.807) is 22.3 Å². The van der Waals surface area contributed by atoms with Crippen LogP contribution >= 0.6 is 34.5 Å². The van der Waals surface area contributed by atoms with E-state index >= 15 is 0 Å². The van der Waals surface area contributed by atoms with Crippen LogP contribution in [-0.4, -0.2) is 17.0 Å². The smallest absolute Gasteiger partial charge is 0.274 e. The van der Waals surface area contributed by atoms with Gasteiger partial charge in [-0.1, -0.05) is 29.8 Å². The van der Waals surface area contributed by atoms with Gasteiger partial charge in [0.25, 0.3) is 5.91 Å². The molecule has 2 heterocycles. The first-order chi connectivity index (χ1) is 11.6. The van der Waals surface area contributed by atoms with Crippen molar-refractivity contribution < 1.29 is 4.79 Å². The number of nitrogens with zero attached hydrogens (tertiary/aromatic N) is 2. The maximum atomic E-state index is 13.0. The van der Waals surface area contributed by atoms with Crippen LogP contribution in [-0.2, 0) is 4.79 Å². The zero-order valence-electron chi connectivity index (χ0n) is 12.4. The quantitative estimate of drug-likeness (QED) is 0.662. The van der Waals surface area contributed by atoms with Gasteiger partial charge >= 0.3 is 0 Å². The molecule has 1 unspecified atom stereocenters. The summed E-state index contributed by atoms with van der Waals surface area (Å²) in [5.41, 5.74) is 3.75. The first-order valence-corrected chi connectivity index (χ1v) is 9.16. The molecule has 1 aliphatic carbocycles. The molecule has 24 heavy (non-hydrogen) atoms. The van der Waals surface area contributed by atoms with Crippen LogP contribution in [0, 0.1) is 0 Å². The highest BCUT2D eigenvalue weighted by Crippen LogP contribution is 2.37. The molecular weight excluding hydrogens is 363 g/mol. The third kappa shape index (κ3) is 2.61. The maximum Gasteiger partial charge on any atom is 0.282 e. The zero-order chi connectivity index (χ0) is 16.7. The second-order valence-electron chi connectivity index (χ2n) is 5.48. The van der Waals surface area contributed by atoms with E-state index in [9.17, 15) is 4.79 Å². The monoisotopic (exact) mass is 374 g/mol. The Bertz CT molecular complexity index is 900. The lowest BCUT2D eigenvalue weighted by Gasteiger charge is -2.15. The number of para-hydroxylation sites is 1. The summed E-state index contributed by atoms with van der Waals surface area (Å²) in [6, 6.07) is 9.62. The summed E-state index contributed by atoms with van der Waals surface area (Å²) in [4.78, 5) is 19.3. The van der Waals surface area contributed by atoms with Crippen LogP contribution in [0.1, 0.15) is 12.0 Å². The van der Waals surface area contributed by atoms with Gasteiger partial charge in [0.05, 0.1) is 16.8 Å². The second kappa shape index (κ2) is 6.20. The van der Waals surface area contributed by atoms with Crippen LogP contribution in [0.25, 0.3) is 0 Å². The number of benzene rings is 1. The molecule has 1 aliphatic heterocycles. The molecule has 1 atom stereocenters. The van der Waals surface area contributed by atoms with Crippen LogP contribution in [0.2, 0.25) is 0 Å². The summed E-state index contributed by atoms with van der Waals surface area (Å²) in [6.45, 7) is 0. The molecule has 1 aromatic heterocycles. The number of aliphatic imine (C=N–C) groups is 1. The summed E-state index contributed by atoms with van der Waals surface area (Å²) >= 11 is 13.8. The van der Waals surface area contributed by atoms with Gasteiger partial charge in [0.1, 0.15) is 5.71 Å². The molecule has 0 bridgehead atoms. The van der Waals surface area contributed by atoms with Crippen molar-refractivity contribution in [2.24, 2.45) is 4.99 Å². The highest BCUT2D eigenvalue weighted by molar-refractivity contribution is 7.08. The molecule has 0 radical (unpaired) electrons. The summed E-state index contributed by atoms with van der Waals surface area (Å²) in [6.07, 6.45) is 4.07. The highest BCUT2D eigenvalue weighted by Gasteiger charge is 2.35. The minimum Gasteiger partial charge on any atom is -0.274 e. The minimum absolute atomic E-state index is 0.123. The average Bonchev–Trinajstić information content (AvgIpc) is 3.18. The number of hydrogen-bond acceptors (Lipinski definition) is 3. The number of hydrogen-bond donors (Lipinski definition) is 0. The van der Waals surface area contributed by atoms with Crippen LogP contribution in [0.3, 0.4) is 0 Å². The number of fused-ring (bicyclic) bond motifs is 1. The highest BCUT2D eigenvalue weighted by atomic mass is 35.5. The lowest BCUT2D eigenvalue weighted by atomic mass is 10.1.